The molecule has 3 aromatic rings. The number of nitrogens with zero attached hydrogens (tertiary/aromatic N) is 5. The summed E-state index contributed by atoms with van der Waals surface area (Å²) in [7, 11) is 0. The van der Waals surface area contributed by atoms with E-state index in [1.807, 2.05) is 34.5 Å². The van der Waals surface area contributed by atoms with Crippen LogP contribution in [0.15, 0.2) is 42.0 Å². The summed E-state index contributed by atoms with van der Waals surface area (Å²) in [5.74, 6) is 0.0856. The van der Waals surface area contributed by atoms with Gasteiger partial charge in [0.25, 0.3) is 5.91 Å². The number of amides is 1. The van der Waals surface area contributed by atoms with Crippen LogP contribution in [-0.4, -0.2) is 44.1 Å². The fourth-order valence-corrected chi connectivity index (χ4v) is 3.73. The molecule has 7 heteroatoms. The molecule has 1 aliphatic rings. The molecular formula is C17H17N5OS. The first-order chi connectivity index (χ1) is 11.8. The summed E-state index contributed by atoms with van der Waals surface area (Å²) in [5, 5.41) is 13.4. The van der Waals surface area contributed by atoms with Crippen LogP contribution < -0.4 is 0 Å². The summed E-state index contributed by atoms with van der Waals surface area (Å²) >= 11 is 1.65. The molecule has 1 amide bonds. The van der Waals surface area contributed by atoms with Gasteiger partial charge in [0.1, 0.15) is 6.33 Å². The Labute approximate surface area is 143 Å². The molecule has 122 valence electrons. The van der Waals surface area contributed by atoms with Gasteiger partial charge in [-0.25, -0.2) is 4.68 Å². The molecule has 1 aromatic carbocycles. The maximum atomic E-state index is 12.9. The largest absolute Gasteiger partial charge is 0.339 e. The Morgan fingerprint density at radius 2 is 2.00 bits per heavy atom. The minimum atomic E-state index is 0.0856. The lowest BCUT2D eigenvalue weighted by Gasteiger charge is -2.27. The zero-order valence-corrected chi connectivity index (χ0v) is 13.9. The predicted octanol–water partition coefficient (Wildman–Crippen LogP) is 3.02. The quantitative estimate of drug-likeness (QED) is 0.736. The minimum absolute atomic E-state index is 0.0856. The van der Waals surface area contributed by atoms with E-state index in [0.717, 1.165) is 42.1 Å². The van der Waals surface area contributed by atoms with Gasteiger partial charge < -0.3 is 4.90 Å². The first-order valence-corrected chi connectivity index (χ1v) is 8.91. The number of thiophene rings is 1. The fraction of sp³-hybridized carbons (Fsp3) is 0.294. The molecule has 0 saturated carbocycles. The number of piperidine rings is 1. The molecule has 0 aliphatic carbocycles. The van der Waals surface area contributed by atoms with E-state index in [2.05, 4.69) is 21.6 Å². The van der Waals surface area contributed by atoms with Gasteiger partial charge in [0.2, 0.25) is 0 Å². The molecule has 0 unspecified atom stereocenters. The molecule has 1 aliphatic heterocycles. The molecule has 0 atom stereocenters. The van der Waals surface area contributed by atoms with Crippen molar-refractivity contribution in [3.8, 4) is 16.1 Å². The second-order valence-corrected chi connectivity index (χ2v) is 6.80. The van der Waals surface area contributed by atoms with Gasteiger partial charge in [-0.2, -0.15) is 0 Å². The first-order valence-electron chi connectivity index (χ1n) is 8.03. The van der Waals surface area contributed by atoms with Crippen LogP contribution in [0, 0.1) is 0 Å². The Kier molecular flexibility index (Phi) is 4.08. The van der Waals surface area contributed by atoms with Crippen LogP contribution in [0.2, 0.25) is 0 Å². The van der Waals surface area contributed by atoms with Gasteiger partial charge in [0.15, 0.2) is 0 Å². The first kappa shape index (κ1) is 15.0. The number of carbonyl (C=O) groups is 1. The number of aromatic nitrogens is 4. The summed E-state index contributed by atoms with van der Waals surface area (Å²) < 4.78 is 1.59. The Morgan fingerprint density at radius 3 is 2.71 bits per heavy atom. The summed E-state index contributed by atoms with van der Waals surface area (Å²) in [4.78, 5) is 16.0. The van der Waals surface area contributed by atoms with Gasteiger partial charge in [-0.05, 0) is 64.9 Å². The molecule has 2 aromatic heterocycles. The summed E-state index contributed by atoms with van der Waals surface area (Å²) in [6.07, 6.45) is 4.91. The second-order valence-electron chi connectivity index (χ2n) is 5.85. The zero-order valence-electron chi connectivity index (χ0n) is 13.1. The van der Waals surface area contributed by atoms with Crippen molar-refractivity contribution in [2.45, 2.75) is 19.3 Å². The van der Waals surface area contributed by atoms with Crippen molar-refractivity contribution in [2.24, 2.45) is 0 Å². The van der Waals surface area contributed by atoms with E-state index in [4.69, 9.17) is 0 Å². The van der Waals surface area contributed by atoms with Crippen LogP contribution in [0.1, 0.15) is 29.6 Å². The van der Waals surface area contributed by atoms with Crippen LogP contribution in [-0.2, 0) is 0 Å². The molecule has 1 fully saturated rings. The van der Waals surface area contributed by atoms with Gasteiger partial charge in [-0.3, -0.25) is 4.79 Å². The van der Waals surface area contributed by atoms with Gasteiger partial charge in [-0.1, -0.05) is 6.07 Å². The third-order valence-corrected chi connectivity index (χ3v) is 5.15. The molecule has 3 heterocycles. The van der Waals surface area contributed by atoms with Gasteiger partial charge in [0.05, 0.1) is 5.69 Å². The lowest BCUT2D eigenvalue weighted by molar-refractivity contribution is 0.0724. The summed E-state index contributed by atoms with van der Waals surface area (Å²) in [5.41, 5.74) is 2.50. The number of rotatable bonds is 3. The molecule has 0 bridgehead atoms. The van der Waals surface area contributed by atoms with Crippen molar-refractivity contribution in [1.82, 2.24) is 25.1 Å². The van der Waals surface area contributed by atoms with E-state index in [-0.39, 0.29) is 5.91 Å². The molecule has 0 spiro atoms. The Morgan fingerprint density at radius 1 is 1.12 bits per heavy atom. The normalized spacial score (nSPS) is 14.8. The van der Waals surface area contributed by atoms with Crippen LogP contribution in [0.3, 0.4) is 0 Å². The maximum Gasteiger partial charge on any atom is 0.253 e. The molecule has 4 rings (SSSR count). The van der Waals surface area contributed by atoms with Crippen LogP contribution in [0.4, 0.5) is 0 Å². The standard InChI is InChI=1S/C17H17N5OS/c23-17(21-6-2-1-3-7-21)14-9-13(16-5-4-8-24-16)10-15(11-14)22-12-18-19-20-22/h4-5,8-12H,1-3,6-7H2. The lowest BCUT2D eigenvalue weighted by atomic mass is 10.0. The van der Waals surface area contributed by atoms with Crippen molar-refractivity contribution >= 4 is 17.2 Å². The highest BCUT2D eigenvalue weighted by atomic mass is 32.1. The van der Waals surface area contributed by atoms with Crippen LogP contribution in [0.25, 0.3) is 16.1 Å². The highest BCUT2D eigenvalue weighted by molar-refractivity contribution is 7.13. The van der Waals surface area contributed by atoms with E-state index in [9.17, 15) is 4.79 Å². The Bertz CT molecular complexity index is 770. The summed E-state index contributed by atoms with van der Waals surface area (Å²) in [6.45, 7) is 1.67. The molecule has 6 nitrogen and oxygen atoms in total. The van der Waals surface area contributed by atoms with E-state index in [1.165, 1.54) is 6.42 Å². The number of hydrogen-bond donors (Lipinski definition) is 0. The Hall–Kier alpha value is -2.54. The average Bonchev–Trinajstić information content (AvgIpc) is 3.35. The third-order valence-electron chi connectivity index (χ3n) is 4.23. The fourth-order valence-electron chi connectivity index (χ4n) is 3.01. The number of benzene rings is 1. The maximum absolute atomic E-state index is 12.9. The van der Waals surface area contributed by atoms with E-state index in [0.29, 0.717) is 5.56 Å². The number of tetrazole rings is 1. The topological polar surface area (TPSA) is 63.9 Å². The van der Waals surface area contributed by atoms with Gasteiger partial charge in [0, 0.05) is 23.5 Å². The zero-order chi connectivity index (χ0) is 16.4. The third kappa shape index (κ3) is 2.94. The van der Waals surface area contributed by atoms with Crippen molar-refractivity contribution in [3.05, 3.63) is 47.6 Å². The summed E-state index contributed by atoms with van der Waals surface area (Å²) in [6, 6.07) is 9.91. The molecule has 0 radical (unpaired) electrons. The van der Waals surface area contributed by atoms with E-state index < -0.39 is 0 Å². The highest BCUT2D eigenvalue weighted by Crippen LogP contribution is 2.28. The van der Waals surface area contributed by atoms with Crippen molar-refractivity contribution in [3.63, 3.8) is 0 Å². The number of likely N-dealkylation sites (tertiary alicyclic amines) is 1. The molecular weight excluding hydrogens is 322 g/mol. The van der Waals surface area contributed by atoms with Crippen molar-refractivity contribution in [2.75, 3.05) is 13.1 Å². The van der Waals surface area contributed by atoms with Crippen molar-refractivity contribution < 1.29 is 4.79 Å². The SMILES string of the molecule is O=C(c1cc(-c2cccs2)cc(-n2cnnn2)c1)N1CCCCC1. The van der Waals surface area contributed by atoms with Crippen LogP contribution in [0.5, 0.6) is 0 Å². The average molecular weight is 339 g/mol. The van der Waals surface area contributed by atoms with Gasteiger partial charge in [-0.15, -0.1) is 16.4 Å². The monoisotopic (exact) mass is 339 g/mol. The van der Waals surface area contributed by atoms with Crippen LogP contribution >= 0.6 is 11.3 Å². The molecule has 24 heavy (non-hydrogen) atoms. The predicted molar refractivity (Wildman–Crippen MR) is 92.2 cm³/mol. The molecule has 0 N–H and O–H groups in total. The highest BCUT2D eigenvalue weighted by Gasteiger charge is 2.20. The Balaban J connectivity index is 1.76. The van der Waals surface area contributed by atoms with Gasteiger partial charge >= 0.3 is 0 Å². The lowest BCUT2D eigenvalue weighted by Crippen LogP contribution is -2.35. The smallest absolute Gasteiger partial charge is 0.253 e. The number of hydrogen-bond acceptors (Lipinski definition) is 5. The number of carbonyl (C=O) groups excluding carboxylic acids is 1. The second kappa shape index (κ2) is 6.52. The van der Waals surface area contributed by atoms with Crippen molar-refractivity contribution in [1.29, 1.82) is 0 Å². The molecule has 1 saturated heterocycles. The van der Waals surface area contributed by atoms with E-state index >= 15 is 0 Å². The minimum Gasteiger partial charge on any atom is -0.339 e. The van der Waals surface area contributed by atoms with E-state index in [1.54, 1.807) is 22.3 Å².